The topological polar surface area (TPSA) is 47.0 Å². The van der Waals surface area contributed by atoms with E-state index in [1.54, 1.807) is 0 Å². The van der Waals surface area contributed by atoms with Crippen molar-refractivity contribution in [1.82, 2.24) is 15.5 Å². The minimum atomic E-state index is 0.299. The van der Waals surface area contributed by atoms with Crippen molar-refractivity contribution >= 4 is 0 Å². The number of ether oxygens (including phenoxy) is 1. The van der Waals surface area contributed by atoms with Crippen molar-refractivity contribution in [3.63, 3.8) is 0 Å². The lowest BCUT2D eigenvalue weighted by Crippen LogP contribution is -2.28. The number of nitrogens with one attached hydrogen (secondary N) is 1. The van der Waals surface area contributed by atoms with Crippen LogP contribution in [0.4, 0.5) is 0 Å². The van der Waals surface area contributed by atoms with E-state index in [0.29, 0.717) is 12.0 Å². The third-order valence-electron chi connectivity index (χ3n) is 3.48. The molecule has 2 atom stereocenters. The van der Waals surface area contributed by atoms with Gasteiger partial charge in [0, 0.05) is 12.6 Å². The molecule has 1 heterocycles. The van der Waals surface area contributed by atoms with E-state index in [4.69, 9.17) is 4.74 Å². The SMILES string of the molecule is CNCc1ccc(OC2CC(C)CC(C)C2)nn1. The standard InChI is InChI=1S/C14H23N3O/c1-10-6-11(2)8-13(7-10)18-14-5-4-12(9-15-3)16-17-14/h4-5,10-11,13,15H,6-9H2,1-3H3. The van der Waals surface area contributed by atoms with Gasteiger partial charge in [-0.2, -0.15) is 5.10 Å². The second-order valence-corrected chi connectivity index (χ2v) is 5.55. The number of rotatable bonds is 4. The predicted octanol–water partition coefficient (Wildman–Crippen LogP) is 2.40. The summed E-state index contributed by atoms with van der Waals surface area (Å²) in [6, 6.07) is 3.89. The molecule has 0 amide bonds. The summed E-state index contributed by atoms with van der Waals surface area (Å²) >= 11 is 0. The first-order valence-electron chi connectivity index (χ1n) is 6.81. The highest BCUT2D eigenvalue weighted by Crippen LogP contribution is 2.30. The van der Waals surface area contributed by atoms with Crippen LogP contribution >= 0.6 is 0 Å². The summed E-state index contributed by atoms with van der Waals surface area (Å²) in [7, 11) is 1.90. The average molecular weight is 249 g/mol. The molecule has 0 bridgehead atoms. The summed E-state index contributed by atoms with van der Waals surface area (Å²) in [6.07, 6.45) is 3.87. The molecule has 100 valence electrons. The van der Waals surface area contributed by atoms with Crippen LogP contribution in [0.5, 0.6) is 5.88 Å². The van der Waals surface area contributed by atoms with Crippen molar-refractivity contribution in [2.24, 2.45) is 11.8 Å². The van der Waals surface area contributed by atoms with Gasteiger partial charge < -0.3 is 10.1 Å². The molecule has 0 saturated heterocycles. The van der Waals surface area contributed by atoms with Crippen LogP contribution in [-0.2, 0) is 6.54 Å². The van der Waals surface area contributed by atoms with Crippen LogP contribution in [0.25, 0.3) is 0 Å². The fourth-order valence-corrected chi connectivity index (χ4v) is 2.83. The second-order valence-electron chi connectivity index (χ2n) is 5.55. The maximum Gasteiger partial charge on any atom is 0.233 e. The van der Waals surface area contributed by atoms with Crippen molar-refractivity contribution in [3.8, 4) is 5.88 Å². The molecular weight excluding hydrogens is 226 g/mol. The van der Waals surface area contributed by atoms with E-state index >= 15 is 0 Å². The van der Waals surface area contributed by atoms with Crippen molar-refractivity contribution in [2.75, 3.05) is 7.05 Å². The zero-order valence-corrected chi connectivity index (χ0v) is 11.5. The molecule has 1 aromatic heterocycles. The lowest BCUT2D eigenvalue weighted by atomic mass is 9.82. The first-order valence-corrected chi connectivity index (χ1v) is 6.81. The van der Waals surface area contributed by atoms with Crippen molar-refractivity contribution in [1.29, 1.82) is 0 Å². The summed E-state index contributed by atoms with van der Waals surface area (Å²) in [5.41, 5.74) is 0.940. The van der Waals surface area contributed by atoms with E-state index < -0.39 is 0 Å². The smallest absolute Gasteiger partial charge is 0.233 e. The summed E-state index contributed by atoms with van der Waals surface area (Å²) in [6.45, 7) is 5.34. The highest BCUT2D eigenvalue weighted by molar-refractivity contribution is 5.11. The Morgan fingerprint density at radius 3 is 2.44 bits per heavy atom. The Kier molecular flexibility index (Phi) is 4.53. The normalized spacial score (nSPS) is 28.1. The van der Waals surface area contributed by atoms with E-state index in [-0.39, 0.29) is 0 Å². The molecule has 1 aliphatic rings. The van der Waals surface area contributed by atoms with E-state index in [1.165, 1.54) is 6.42 Å². The van der Waals surface area contributed by atoms with E-state index in [0.717, 1.165) is 36.9 Å². The fraction of sp³-hybridized carbons (Fsp3) is 0.714. The molecule has 0 radical (unpaired) electrons. The largest absolute Gasteiger partial charge is 0.473 e. The Hall–Kier alpha value is -1.16. The predicted molar refractivity (Wildman–Crippen MR) is 71.4 cm³/mol. The number of hydrogen-bond donors (Lipinski definition) is 1. The number of nitrogens with zero attached hydrogens (tertiary/aromatic N) is 2. The summed E-state index contributed by atoms with van der Waals surface area (Å²) in [5, 5.41) is 11.3. The molecule has 0 aliphatic heterocycles. The summed E-state index contributed by atoms with van der Waals surface area (Å²) in [5.74, 6) is 2.15. The molecule has 1 aliphatic carbocycles. The zero-order chi connectivity index (χ0) is 13.0. The lowest BCUT2D eigenvalue weighted by Gasteiger charge is -2.31. The molecule has 4 nitrogen and oxygen atoms in total. The maximum atomic E-state index is 5.94. The van der Waals surface area contributed by atoms with Gasteiger partial charge in [-0.25, -0.2) is 0 Å². The molecular formula is C14H23N3O. The van der Waals surface area contributed by atoms with Crippen LogP contribution in [-0.4, -0.2) is 23.3 Å². The van der Waals surface area contributed by atoms with Crippen LogP contribution in [0.1, 0.15) is 38.8 Å². The minimum absolute atomic E-state index is 0.299. The summed E-state index contributed by atoms with van der Waals surface area (Å²) < 4.78 is 5.94. The van der Waals surface area contributed by atoms with Crippen LogP contribution in [0.3, 0.4) is 0 Å². The Bertz CT molecular complexity index is 356. The molecule has 0 aromatic carbocycles. The first kappa shape index (κ1) is 13.3. The first-order chi connectivity index (χ1) is 8.67. The zero-order valence-electron chi connectivity index (χ0n) is 11.5. The van der Waals surface area contributed by atoms with Gasteiger partial charge in [-0.15, -0.1) is 5.10 Å². The fourth-order valence-electron chi connectivity index (χ4n) is 2.83. The van der Waals surface area contributed by atoms with E-state index in [1.807, 2.05) is 19.2 Å². The minimum Gasteiger partial charge on any atom is -0.473 e. The molecule has 18 heavy (non-hydrogen) atoms. The lowest BCUT2D eigenvalue weighted by molar-refractivity contribution is 0.0956. The Morgan fingerprint density at radius 1 is 1.17 bits per heavy atom. The third-order valence-corrected chi connectivity index (χ3v) is 3.48. The van der Waals surface area contributed by atoms with Gasteiger partial charge in [0.15, 0.2) is 0 Å². The maximum absolute atomic E-state index is 5.94. The van der Waals surface area contributed by atoms with Gasteiger partial charge in [0.05, 0.1) is 5.69 Å². The van der Waals surface area contributed by atoms with E-state index in [2.05, 4.69) is 29.4 Å². The Balaban J connectivity index is 1.92. The van der Waals surface area contributed by atoms with Crippen LogP contribution in [0.15, 0.2) is 12.1 Å². The van der Waals surface area contributed by atoms with Gasteiger partial charge in [-0.05, 0) is 44.2 Å². The number of hydrogen-bond acceptors (Lipinski definition) is 4. The van der Waals surface area contributed by atoms with Gasteiger partial charge >= 0.3 is 0 Å². The van der Waals surface area contributed by atoms with Gasteiger partial charge in [-0.3, -0.25) is 0 Å². The highest BCUT2D eigenvalue weighted by atomic mass is 16.5. The van der Waals surface area contributed by atoms with Crippen LogP contribution in [0, 0.1) is 11.8 Å². The molecule has 2 unspecified atom stereocenters. The van der Waals surface area contributed by atoms with Gasteiger partial charge in [0.25, 0.3) is 0 Å². The number of aromatic nitrogens is 2. The van der Waals surface area contributed by atoms with Crippen molar-refractivity contribution in [3.05, 3.63) is 17.8 Å². The molecule has 1 aromatic rings. The van der Waals surface area contributed by atoms with Crippen molar-refractivity contribution < 1.29 is 4.74 Å². The summed E-state index contributed by atoms with van der Waals surface area (Å²) in [4.78, 5) is 0. The van der Waals surface area contributed by atoms with Crippen molar-refractivity contribution in [2.45, 2.75) is 45.8 Å². The Morgan fingerprint density at radius 2 is 1.89 bits per heavy atom. The van der Waals surface area contributed by atoms with Gasteiger partial charge in [-0.1, -0.05) is 13.8 Å². The van der Waals surface area contributed by atoms with Crippen LogP contribution in [0.2, 0.25) is 0 Å². The Labute approximate surface area is 109 Å². The van der Waals surface area contributed by atoms with E-state index in [9.17, 15) is 0 Å². The third kappa shape index (κ3) is 3.67. The quantitative estimate of drug-likeness (QED) is 0.890. The molecule has 4 heteroatoms. The molecule has 1 saturated carbocycles. The monoisotopic (exact) mass is 249 g/mol. The molecule has 1 N–H and O–H groups in total. The molecule has 1 fully saturated rings. The average Bonchev–Trinajstić information content (AvgIpc) is 2.31. The van der Waals surface area contributed by atoms with Crippen LogP contribution < -0.4 is 10.1 Å². The van der Waals surface area contributed by atoms with Gasteiger partial charge in [0.1, 0.15) is 6.10 Å². The second kappa shape index (κ2) is 6.14. The molecule has 2 rings (SSSR count). The highest BCUT2D eigenvalue weighted by Gasteiger charge is 2.25. The van der Waals surface area contributed by atoms with Gasteiger partial charge in [0.2, 0.25) is 5.88 Å². The molecule has 0 spiro atoms.